The predicted molar refractivity (Wildman–Crippen MR) is 118 cm³/mol. The molecular formula is C24H31N5O3. The summed E-state index contributed by atoms with van der Waals surface area (Å²) in [5.41, 5.74) is 1.97. The molecular weight excluding hydrogens is 406 g/mol. The van der Waals surface area contributed by atoms with E-state index in [9.17, 15) is 9.59 Å². The van der Waals surface area contributed by atoms with Crippen LogP contribution in [0, 0.1) is 17.8 Å². The van der Waals surface area contributed by atoms with Gasteiger partial charge in [-0.25, -0.2) is 0 Å². The molecule has 8 nitrogen and oxygen atoms in total. The predicted octanol–water partition coefficient (Wildman–Crippen LogP) is 2.07. The summed E-state index contributed by atoms with van der Waals surface area (Å²) < 4.78 is 6.82. The summed E-state index contributed by atoms with van der Waals surface area (Å²) in [6.07, 6.45) is 5.54. The molecule has 0 saturated carbocycles. The zero-order chi connectivity index (χ0) is 22.1. The van der Waals surface area contributed by atoms with Crippen LogP contribution in [0.2, 0.25) is 0 Å². The van der Waals surface area contributed by atoms with Crippen molar-refractivity contribution in [3.05, 3.63) is 36.5 Å². The maximum absolute atomic E-state index is 13.3. The van der Waals surface area contributed by atoms with Crippen molar-refractivity contribution < 1.29 is 14.3 Å². The Morgan fingerprint density at radius 1 is 1.09 bits per heavy atom. The van der Waals surface area contributed by atoms with E-state index >= 15 is 0 Å². The molecule has 0 spiro atoms. The molecule has 2 bridgehead atoms. The summed E-state index contributed by atoms with van der Waals surface area (Å²) in [5, 5.41) is 8.70. The number of aromatic nitrogens is 3. The fourth-order valence-corrected chi connectivity index (χ4v) is 5.69. The van der Waals surface area contributed by atoms with Crippen LogP contribution in [0.1, 0.15) is 25.7 Å². The van der Waals surface area contributed by atoms with Crippen molar-refractivity contribution in [3.8, 4) is 11.3 Å². The van der Waals surface area contributed by atoms with Crippen LogP contribution in [0.4, 0.5) is 0 Å². The molecule has 2 unspecified atom stereocenters. The van der Waals surface area contributed by atoms with E-state index in [1.165, 1.54) is 7.11 Å². The van der Waals surface area contributed by atoms with Crippen molar-refractivity contribution in [2.24, 2.45) is 17.8 Å². The minimum absolute atomic E-state index is 0.0663. The van der Waals surface area contributed by atoms with Gasteiger partial charge in [0.05, 0.1) is 31.7 Å². The molecule has 6 rings (SSSR count). The number of ether oxygens (including phenoxy) is 1. The molecule has 5 heterocycles. The summed E-state index contributed by atoms with van der Waals surface area (Å²) in [6, 6.07) is 10.5. The third-order valence-corrected chi connectivity index (χ3v) is 7.54. The lowest BCUT2D eigenvalue weighted by Gasteiger charge is -2.50. The van der Waals surface area contributed by atoms with Gasteiger partial charge in [-0.05, 0) is 38.1 Å². The van der Waals surface area contributed by atoms with Gasteiger partial charge >= 0.3 is 5.97 Å². The van der Waals surface area contributed by atoms with E-state index in [0.717, 1.165) is 43.7 Å². The molecule has 4 saturated heterocycles. The molecule has 0 radical (unpaired) electrons. The van der Waals surface area contributed by atoms with Crippen molar-refractivity contribution in [3.63, 3.8) is 0 Å². The van der Waals surface area contributed by atoms with Crippen molar-refractivity contribution in [1.29, 1.82) is 0 Å². The van der Waals surface area contributed by atoms with Crippen LogP contribution >= 0.6 is 0 Å². The van der Waals surface area contributed by atoms with Gasteiger partial charge in [-0.15, -0.1) is 5.10 Å². The molecule has 0 aliphatic carbocycles. The summed E-state index contributed by atoms with van der Waals surface area (Å²) in [4.78, 5) is 29.5. The molecule has 1 aromatic heterocycles. The maximum atomic E-state index is 13.3. The number of hydrogen-bond acceptors (Lipinski definition) is 6. The summed E-state index contributed by atoms with van der Waals surface area (Å²) >= 11 is 0. The average molecular weight is 438 g/mol. The average Bonchev–Trinajstić information content (AvgIpc) is 3.32. The molecule has 170 valence electrons. The van der Waals surface area contributed by atoms with Crippen LogP contribution in [0.15, 0.2) is 36.5 Å². The number of esters is 1. The Kier molecular flexibility index (Phi) is 5.95. The number of likely N-dealkylation sites (tertiary alicyclic amines) is 1. The van der Waals surface area contributed by atoms with E-state index in [1.54, 1.807) is 0 Å². The van der Waals surface area contributed by atoms with Gasteiger partial charge in [-0.3, -0.25) is 19.2 Å². The zero-order valence-electron chi connectivity index (χ0n) is 18.6. The van der Waals surface area contributed by atoms with Crippen LogP contribution in [0.3, 0.4) is 0 Å². The number of hydrogen-bond donors (Lipinski definition) is 0. The first-order valence-corrected chi connectivity index (χ1v) is 11.7. The molecule has 4 atom stereocenters. The molecule has 4 aliphatic heterocycles. The van der Waals surface area contributed by atoms with Crippen LogP contribution in [-0.4, -0.2) is 76.0 Å². The van der Waals surface area contributed by atoms with E-state index in [1.807, 2.05) is 46.1 Å². The monoisotopic (exact) mass is 437 g/mol. The Morgan fingerprint density at radius 3 is 2.56 bits per heavy atom. The molecule has 2 aromatic rings. The first-order chi connectivity index (χ1) is 15.6. The number of amides is 1. The maximum Gasteiger partial charge on any atom is 0.308 e. The van der Waals surface area contributed by atoms with Crippen LogP contribution in [-0.2, 0) is 20.9 Å². The SMILES string of the molecule is COC(=O)C1CCN(C(=O)[C@H]2CN3CCC2C[C@@H]3Cn2cc(-c3ccccc3)nn2)CC1. The molecule has 8 heteroatoms. The summed E-state index contributed by atoms with van der Waals surface area (Å²) in [5.74, 6) is 0.557. The van der Waals surface area contributed by atoms with Gasteiger partial charge in [-0.1, -0.05) is 35.5 Å². The third kappa shape index (κ3) is 4.16. The summed E-state index contributed by atoms with van der Waals surface area (Å²) in [6.45, 7) is 4.00. The fraction of sp³-hybridized carbons (Fsp3) is 0.583. The minimum Gasteiger partial charge on any atom is -0.469 e. The molecule has 1 aromatic carbocycles. The fourth-order valence-electron chi connectivity index (χ4n) is 5.69. The lowest BCUT2D eigenvalue weighted by Crippen LogP contribution is -2.59. The largest absolute Gasteiger partial charge is 0.469 e. The van der Waals surface area contributed by atoms with Crippen LogP contribution < -0.4 is 0 Å². The molecule has 32 heavy (non-hydrogen) atoms. The molecule has 0 N–H and O–H groups in total. The van der Waals surface area contributed by atoms with Gasteiger partial charge < -0.3 is 9.64 Å². The van der Waals surface area contributed by atoms with E-state index in [4.69, 9.17) is 4.74 Å². The number of piperidine rings is 4. The van der Waals surface area contributed by atoms with Gasteiger partial charge in [-0.2, -0.15) is 0 Å². The standard InChI is InChI=1S/C24H31N5O3/c1-32-24(31)18-7-10-27(11-8-18)23(30)21-15-28-12-9-19(21)13-20(28)14-29-16-22(25-26-29)17-5-3-2-4-6-17/h2-6,16,18-21H,7-15H2,1H3/t19?,20-,21+/m1/s1. The third-order valence-electron chi connectivity index (χ3n) is 7.54. The Bertz CT molecular complexity index is 954. The number of nitrogens with zero attached hydrogens (tertiary/aromatic N) is 5. The minimum atomic E-state index is -0.147. The number of fused-ring (bicyclic) bond motifs is 3. The van der Waals surface area contributed by atoms with Crippen molar-refractivity contribution >= 4 is 11.9 Å². The Hall–Kier alpha value is -2.74. The number of benzene rings is 1. The smallest absolute Gasteiger partial charge is 0.308 e. The first kappa shape index (κ1) is 21.1. The quantitative estimate of drug-likeness (QED) is 0.666. The highest BCUT2D eigenvalue weighted by Crippen LogP contribution is 2.38. The van der Waals surface area contributed by atoms with E-state index in [-0.39, 0.29) is 23.7 Å². The van der Waals surface area contributed by atoms with E-state index in [2.05, 4.69) is 15.2 Å². The second kappa shape index (κ2) is 9.02. The lowest BCUT2D eigenvalue weighted by atomic mass is 9.74. The Labute approximate surface area is 188 Å². The number of carbonyl (C=O) groups is 2. The zero-order valence-corrected chi connectivity index (χ0v) is 18.6. The number of rotatable bonds is 5. The lowest BCUT2D eigenvalue weighted by molar-refractivity contribution is -0.152. The van der Waals surface area contributed by atoms with Gasteiger partial charge in [0, 0.05) is 31.2 Å². The molecule has 1 amide bonds. The number of methoxy groups -OCH3 is 1. The van der Waals surface area contributed by atoms with Gasteiger partial charge in [0.2, 0.25) is 5.91 Å². The van der Waals surface area contributed by atoms with Crippen LogP contribution in [0.25, 0.3) is 11.3 Å². The van der Waals surface area contributed by atoms with Crippen molar-refractivity contribution in [2.45, 2.75) is 38.3 Å². The second-order valence-electron chi connectivity index (χ2n) is 9.35. The molecule has 4 fully saturated rings. The normalized spacial score (nSPS) is 28.0. The van der Waals surface area contributed by atoms with Gasteiger partial charge in [0.25, 0.3) is 0 Å². The topological polar surface area (TPSA) is 80.6 Å². The van der Waals surface area contributed by atoms with Crippen molar-refractivity contribution in [1.82, 2.24) is 24.8 Å². The van der Waals surface area contributed by atoms with E-state index in [0.29, 0.717) is 37.9 Å². The summed E-state index contributed by atoms with van der Waals surface area (Å²) in [7, 11) is 1.44. The Balaban J connectivity index is 1.18. The van der Waals surface area contributed by atoms with Crippen LogP contribution in [0.5, 0.6) is 0 Å². The van der Waals surface area contributed by atoms with Gasteiger partial charge in [0.1, 0.15) is 5.69 Å². The first-order valence-electron chi connectivity index (χ1n) is 11.7. The highest BCUT2D eigenvalue weighted by atomic mass is 16.5. The van der Waals surface area contributed by atoms with E-state index < -0.39 is 0 Å². The molecule has 4 aliphatic rings. The van der Waals surface area contributed by atoms with Crippen molar-refractivity contribution in [2.75, 3.05) is 33.3 Å². The highest BCUT2D eigenvalue weighted by Gasteiger charge is 2.45. The highest BCUT2D eigenvalue weighted by molar-refractivity contribution is 5.80. The number of carbonyl (C=O) groups excluding carboxylic acids is 2. The van der Waals surface area contributed by atoms with Gasteiger partial charge in [0.15, 0.2) is 0 Å². The second-order valence-corrected chi connectivity index (χ2v) is 9.35. The Morgan fingerprint density at radius 2 is 1.88 bits per heavy atom.